The topological polar surface area (TPSA) is 20.7 Å². The number of aromatic amines is 1. The molecule has 0 aliphatic heterocycles. The van der Waals surface area contributed by atoms with E-state index in [1.54, 1.807) is 15.9 Å². The Labute approximate surface area is 131 Å². The van der Waals surface area contributed by atoms with Gasteiger partial charge in [0.05, 0.1) is 9.30 Å². The van der Waals surface area contributed by atoms with Crippen molar-refractivity contribution in [1.29, 1.82) is 0 Å². The first-order valence-electron chi connectivity index (χ1n) is 5.87. The van der Waals surface area contributed by atoms with Gasteiger partial charge in [0.25, 0.3) is 0 Å². The van der Waals surface area contributed by atoms with Gasteiger partial charge in [-0.1, -0.05) is 0 Å². The van der Waals surface area contributed by atoms with E-state index in [0.717, 1.165) is 14.7 Å². The lowest BCUT2D eigenvalue weighted by molar-refractivity contribution is 0.511. The molecule has 0 bridgehead atoms. The van der Waals surface area contributed by atoms with Gasteiger partial charge >= 0.3 is 0 Å². The molecule has 1 aromatic carbocycles. The van der Waals surface area contributed by atoms with E-state index in [9.17, 15) is 8.78 Å². The maximum Gasteiger partial charge on any atom is 0.184 e. The fourth-order valence-corrected chi connectivity index (χ4v) is 3.87. The number of nitrogens with zero attached hydrogens (tertiary/aromatic N) is 1. The van der Waals surface area contributed by atoms with Crippen molar-refractivity contribution in [2.45, 2.75) is 13.0 Å². The van der Waals surface area contributed by atoms with Crippen molar-refractivity contribution in [3.8, 4) is 0 Å². The second-order valence-electron chi connectivity index (χ2n) is 4.30. The fourth-order valence-electron chi connectivity index (χ4n) is 2.11. The third-order valence-corrected chi connectivity index (χ3v) is 5.04. The van der Waals surface area contributed by atoms with Gasteiger partial charge in [0.15, 0.2) is 16.4 Å². The zero-order valence-corrected chi connectivity index (χ0v) is 13.3. The van der Waals surface area contributed by atoms with Gasteiger partial charge in [-0.25, -0.2) is 8.78 Å². The summed E-state index contributed by atoms with van der Waals surface area (Å²) in [7, 11) is 0. The van der Waals surface area contributed by atoms with Gasteiger partial charge in [0.1, 0.15) is 5.52 Å². The number of benzene rings is 1. The van der Waals surface area contributed by atoms with E-state index in [4.69, 9.17) is 12.2 Å². The van der Waals surface area contributed by atoms with Gasteiger partial charge in [0.2, 0.25) is 0 Å². The number of fused-ring (bicyclic) bond motifs is 1. The fraction of sp³-hybridized carbons (Fsp3) is 0.154. The number of rotatable bonds is 3. The minimum absolute atomic E-state index is 0.200. The van der Waals surface area contributed by atoms with E-state index < -0.39 is 11.6 Å². The summed E-state index contributed by atoms with van der Waals surface area (Å²) in [4.78, 5) is 4.06. The predicted molar refractivity (Wildman–Crippen MR) is 82.8 cm³/mol. The molecular weight excluding hydrogens is 366 g/mol. The monoisotopic (exact) mass is 374 g/mol. The lowest BCUT2D eigenvalue weighted by Gasteiger charge is -2.04. The van der Waals surface area contributed by atoms with Gasteiger partial charge in [-0.2, -0.15) is 0 Å². The third-order valence-electron chi connectivity index (χ3n) is 3.04. The van der Waals surface area contributed by atoms with Crippen LogP contribution in [0, 0.1) is 16.4 Å². The van der Waals surface area contributed by atoms with E-state index in [1.807, 2.05) is 12.1 Å². The van der Waals surface area contributed by atoms with Crippen molar-refractivity contribution in [2.24, 2.45) is 0 Å². The van der Waals surface area contributed by atoms with Crippen LogP contribution in [-0.2, 0) is 13.0 Å². The molecule has 0 unspecified atom stereocenters. The average Bonchev–Trinajstić information content (AvgIpc) is 2.95. The SMILES string of the molecule is Fc1ccc2[nH]c(=S)n(CCc3ccc(Br)s3)c2c1F. The summed E-state index contributed by atoms with van der Waals surface area (Å²) in [5.74, 6) is -1.72. The number of thiophene rings is 1. The summed E-state index contributed by atoms with van der Waals surface area (Å²) in [6, 6.07) is 6.57. The van der Waals surface area contributed by atoms with Gasteiger partial charge in [0, 0.05) is 11.4 Å². The Hall–Kier alpha value is -1.05. The molecule has 2 aromatic heterocycles. The van der Waals surface area contributed by atoms with E-state index in [1.165, 1.54) is 6.07 Å². The summed E-state index contributed by atoms with van der Waals surface area (Å²) in [6.45, 7) is 0.506. The lowest BCUT2D eigenvalue weighted by Crippen LogP contribution is -2.02. The van der Waals surface area contributed by atoms with Crippen molar-refractivity contribution >= 4 is 50.5 Å². The minimum Gasteiger partial charge on any atom is -0.330 e. The van der Waals surface area contributed by atoms with E-state index in [-0.39, 0.29) is 5.52 Å². The molecule has 1 N–H and O–H groups in total. The Morgan fingerprint density at radius 1 is 1.25 bits per heavy atom. The summed E-state index contributed by atoms with van der Waals surface area (Å²) in [5.41, 5.74) is 0.715. The highest BCUT2D eigenvalue weighted by molar-refractivity contribution is 9.11. The summed E-state index contributed by atoms with van der Waals surface area (Å²) in [6.07, 6.45) is 0.716. The number of aryl methyl sites for hydroxylation is 2. The van der Waals surface area contributed by atoms with Crippen LogP contribution in [0.3, 0.4) is 0 Å². The molecule has 3 rings (SSSR count). The second kappa shape index (κ2) is 5.38. The highest BCUT2D eigenvalue weighted by Gasteiger charge is 2.13. The maximum absolute atomic E-state index is 13.9. The summed E-state index contributed by atoms with van der Waals surface area (Å²) >= 11 is 10.2. The van der Waals surface area contributed by atoms with Crippen molar-refractivity contribution in [2.75, 3.05) is 0 Å². The zero-order valence-electron chi connectivity index (χ0n) is 10.1. The van der Waals surface area contributed by atoms with E-state index in [2.05, 4.69) is 20.9 Å². The quantitative estimate of drug-likeness (QED) is 0.636. The average molecular weight is 375 g/mol. The molecule has 0 fully saturated rings. The number of halogens is 3. The second-order valence-corrected chi connectivity index (χ2v) is 7.23. The molecule has 0 radical (unpaired) electrons. The number of H-pyrrole nitrogens is 1. The van der Waals surface area contributed by atoms with Crippen LogP contribution in [-0.4, -0.2) is 9.55 Å². The van der Waals surface area contributed by atoms with Crippen LogP contribution in [0.15, 0.2) is 28.1 Å². The Kier molecular flexibility index (Phi) is 3.74. The van der Waals surface area contributed by atoms with Gasteiger partial charge in [-0.05, 0) is 58.8 Å². The van der Waals surface area contributed by atoms with Crippen LogP contribution in [0.5, 0.6) is 0 Å². The Morgan fingerprint density at radius 3 is 2.75 bits per heavy atom. The highest BCUT2D eigenvalue weighted by Crippen LogP contribution is 2.24. The first-order chi connectivity index (χ1) is 9.56. The van der Waals surface area contributed by atoms with Crippen LogP contribution >= 0.6 is 39.5 Å². The largest absolute Gasteiger partial charge is 0.330 e. The highest BCUT2D eigenvalue weighted by atomic mass is 79.9. The molecule has 0 saturated carbocycles. The summed E-state index contributed by atoms with van der Waals surface area (Å²) in [5, 5.41) is 0. The number of hydrogen-bond acceptors (Lipinski definition) is 2. The molecule has 0 spiro atoms. The molecule has 3 aromatic rings. The molecular formula is C13H9BrF2N2S2. The van der Waals surface area contributed by atoms with Crippen molar-refractivity contribution in [3.05, 3.63) is 49.3 Å². The standard InChI is InChI=1S/C13H9BrF2N2S2/c14-10-4-1-7(20-10)5-6-18-12-9(17-13(18)19)3-2-8(15)11(12)16/h1-4H,5-6H2,(H,17,19). The molecule has 2 heterocycles. The predicted octanol–water partition coefficient (Wildman–Crippen LogP) is 5.04. The van der Waals surface area contributed by atoms with Crippen LogP contribution in [0.2, 0.25) is 0 Å². The van der Waals surface area contributed by atoms with Crippen LogP contribution in [0.4, 0.5) is 8.78 Å². The normalized spacial score (nSPS) is 11.3. The molecule has 20 heavy (non-hydrogen) atoms. The molecule has 7 heteroatoms. The number of imidazole rings is 1. The number of aromatic nitrogens is 2. The Morgan fingerprint density at radius 2 is 2.05 bits per heavy atom. The van der Waals surface area contributed by atoms with Gasteiger partial charge in [-0.15, -0.1) is 11.3 Å². The van der Waals surface area contributed by atoms with Crippen molar-refractivity contribution in [1.82, 2.24) is 9.55 Å². The smallest absolute Gasteiger partial charge is 0.184 e. The molecule has 0 amide bonds. The molecule has 0 aliphatic rings. The Balaban J connectivity index is 2.00. The molecule has 0 atom stereocenters. The Bertz CT molecular complexity index is 835. The van der Waals surface area contributed by atoms with E-state index in [0.29, 0.717) is 23.3 Å². The molecule has 0 saturated heterocycles. The number of hydrogen-bond donors (Lipinski definition) is 1. The van der Waals surface area contributed by atoms with Crippen LogP contribution < -0.4 is 0 Å². The first kappa shape index (κ1) is 13.9. The molecule has 0 aliphatic carbocycles. The van der Waals surface area contributed by atoms with Gasteiger partial charge < -0.3 is 9.55 Å². The number of nitrogens with one attached hydrogen (secondary N) is 1. The third kappa shape index (κ3) is 2.45. The van der Waals surface area contributed by atoms with Crippen LogP contribution in [0.25, 0.3) is 11.0 Å². The minimum atomic E-state index is -0.862. The first-order valence-corrected chi connectivity index (χ1v) is 7.89. The van der Waals surface area contributed by atoms with Crippen LogP contribution in [0.1, 0.15) is 4.88 Å². The molecule has 104 valence electrons. The van der Waals surface area contributed by atoms with Crippen molar-refractivity contribution < 1.29 is 8.78 Å². The summed E-state index contributed by atoms with van der Waals surface area (Å²) < 4.78 is 30.4. The van der Waals surface area contributed by atoms with E-state index >= 15 is 0 Å². The zero-order chi connectivity index (χ0) is 14.3. The maximum atomic E-state index is 13.9. The van der Waals surface area contributed by atoms with Crippen molar-refractivity contribution in [3.63, 3.8) is 0 Å². The van der Waals surface area contributed by atoms with Gasteiger partial charge in [-0.3, -0.25) is 0 Å². The lowest BCUT2D eigenvalue weighted by atomic mass is 10.3. The molecule has 2 nitrogen and oxygen atoms in total.